The van der Waals surface area contributed by atoms with Crippen molar-refractivity contribution in [3.63, 3.8) is 0 Å². The first-order chi connectivity index (χ1) is 6.04. The predicted molar refractivity (Wildman–Crippen MR) is 44.2 cm³/mol. The Bertz CT molecular complexity index is 241. The van der Waals surface area contributed by atoms with E-state index in [2.05, 4.69) is 4.74 Å². The predicted octanol–water partition coefficient (Wildman–Crippen LogP) is -0.766. The second kappa shape index (κ2) is 3.81. The van der Waals surface area contributed by atoms with Crippen LogP contribution in [0.2, 0.25) is 0 Å². The lowest BCUT2D eigenvalue weighted by Crippen LogP contribution is -2.55. The van der Waals surface area contributed by atoms with Gasteiger partial charge in [-0.1, -0.05) is 0 Å². The number of rotatable bonds is 2. The Morgan fingerprint density at radius 3 is 1.93 bits per heavy atom. The van der Waals surface area contributed by atoms with Crippen molar-refractivity contribution in [2.45, 2.75) is 32.3 Å². The van der Waals surface area contributed by atoms with E-state index in [9.17, 15) is 9.59 Å². The number of alkyl carbamates (subject to hydrolysis) is 1. The van der Waals surface area contributed by atoms with Crippen LogP contribution in [0.15, 0.2) is 0 Å². The van der Waals surface area contributed by atoms with E-state index in [4.69, 9.17) is 15.3 Å². The molecule has 1 amide bonds. The molecule has 7 heteroatoms. The van der Waals surface area contributed by atoms with Crippen molar-refractivity contribution in [3.8, 4) is 0 Å². The van der Waals surface area contributed by atoms with Gasteiger partial charge in [0.25, 0.3) is 0 Å². The molecule has 82 valence electrons. The molecule has 7 nitrogen and oxygen atoms in total. The molecule has 0 spiro atoms. The number of ether oxygens (including phenoxy) is 1. The molecular weight excluding hydrogens is 194 g/mol. The monoisotopic (exact) mass is 207 g/mol. The molecule has 0 radical (unpaired) electrons. The van der Waals surface area contributed by atoms with Crippen molar-refractivity contribution in [3.05, 3.63) is 0 Å². The summed E-state index contributed by atoms with van der Waals surface area (Å²) in [7, 11) is 0. The SMILES string of the molecule is CC(C)(C)OC(=O)NC(O)(O)C(=O)O. The van der Waals surface area contributed by atoms with Crippen LogP contribution in [0.1, 0.15) is 20.8 Å². The molecular formula is C7H13NO6. The van der Waals surface area contributed by atoms with Crippen molar-refractivity contribution >= 4 is 12.1 Å². The van der Waals surface area contributed by atoms with E-state index >= 15 is 0 Å². The molecule has 4 N–H and O–H groups in total. The number of carbonyl (C=O) groups is 2. The van der Waals surface area contributed by atoms with E-state index in [1.807, 2.05) is 0 Å². The standard InChI is InChI=1S/C7H13NO6/c1-6(2,3)14-5(11)8-7(12,13)4(9)10/h12-13H,1-3H3,(H,8,11)(H,9,10). The van der Waals surface area contributed by atoms with Gasteiger partial charge in [0.1, 0.15) is 5.60 Å². The largest absolute Gasteiger partial charge is 0.476 e. The summed E-state index contributed by atoms with van der Waals surface area (Å²) in [5.74, 6) is -5.31. The lowest BCUT2D eigenvalue weighted by molar-refractivity contribution is -0.212. The summed E-state index contributed by atoms with van der Waals surface area (Å²) in [5, 5.41) is 27.0. The number of hydrogen-bond acceptors (Lipinski definition) is 5. The number of aliphatic carboxylic acids is 1. The van der Waals surface area contributed by atoms with Crippen LogP contribution in [-0.2, 0) is 9.53 Å². The number of carboxylic acids is 1. The van der Waals surface area contributed by atoms with E-state index in [0.717, 1.165) is 0 Å². The molecule has 0 saturated heterocycles. The maximum absolute atomic E-state index is 10.9. The van der Waals surface area contributed by atoms with Gasteiger partial charge in [-0.25, -0.2) is 9.59 Å². The van der Waals surface area contributed by atoms with Crippen LogP contribution in [0.3, 0.4) is 0 Å². The fourth-order valence-corrected chi connectivity index (χ4v) is 0.499. The van der Waals surface area contributed by atoms with Crippen LogP contribution >= 0.6 is 0 Å². The van der Waals surface area contributed by atoms with Crippen LogP contribution in [-0.4, -0.2) is 38.9 Å². The Morgan fingerprint density at radius 2 is 1.64 bits per heavy atom. The second-order valence-electron chi connectivity index (χ2n) is 3.60. The van der Waals surface area contributed by atoms with Crippen molar-refractivity contribution in [1.82, 2.24) is 5.32 Å². The minimum atomic E-state index is -3.32. The first-order valence-corrected chi connectivity index (χ1v) is 3.74. The third-order valence-corrected chi connectivity index (χ3v) is 0.973. The fourth-order valence-electron chi connectivity index (χ4n) is 0.499. The number of carboxylic acid groups (broad SMARTS) is 1. The number of hydrogen-bond donors (Lipinski definition) is 4. The van der Waals surface area contributed by atoms with E-state index in [0.29, 0.717) is 0 Å². The maximum Gasteiger partial charge on any atom is 0.412 e. The Morgan fingerprint density at radius 1 is 1.21 bits per heavy atom. The first-order valence-electron chi connectivity index (χ1n) is 3.74. The van der Waals surface area contributed by atoms with Gasteiger partial charge in [0.05, 0.1) is 0 Å². The van der Waals surface area contributed by atoms with Crippen LogP contribution in [0.25, 0.3) is 0 Å². The van der Waals surface area contributed by atoms with Gasteiger partial charge < -0.3 is 20.1 Å². The minimum Gasteiger partial charge on any atom is -0.476 e. The highest BCUT2D eigenvalue weighted by molar-refractivity contribution is 5.80. The molecule has 0 unspecified atom stereocenters. The Hall–Kier alpha value is -1.34. The molecule has 0 aliphatic carbocycles. The molecule has 0 aliphatic heterocycles. The lowest BCUT2D eigenvalue weighted by atomic mass is 10.2. The smallest absolute Gasteiger partial charge is 0.412 e. The molecule has 0 saturated carbocycles. The van der Waals surface area contributed by atoms with Gasteiger partial charge in [0.15, 0.2) is 0 Å². The topological polar surface area (TPSA) is 116 Å². The molecule has 0 rings (SSSR count). The summed E-state index contributed by atoms with van der Waals surface area (Å²) in [6, 6.07) is 0. The number of amides is 1. The Labute approximate surface area is 80.3 Å². The Kier molecular flexibility index (Phi) is 3.44. The zero-order chi connectivity index (χ0) is 11.6. The molecule has 14 heavy (non-hydrogen) atoms. The zero-order valence-electron chi connectivity index (χ0n) is 8.07. The van der Waals surface area contributed by atoms with E-state index in [-0.39, 0.29) is 0 Å². The van der Waals surface area contributed by atoms with E-state index in [1.54, 1.807) is 20.8 Å². The average molecular weight is 207 g/mol. The maximum atomic E-state index is 10.9. The van der Waals surface area contributed by atoms with Gasteiger partial charge in [-0.3, -0.25) is 5.32 Å². The normalized spacial score (nSPS) is 12.1. The van der Waals surface area contributed by atoms with Gasteiger partial charge in [0, 0.05) is 0 Å². The first kappa shape index (κ1) is 12.7. The third-order valence-electron chi connectivity index (χ3n) is 0.973. The number of aliphatic hydroxyl groups is 2. The van der Waals surface area contributed by atoms with Crippen molar-refractivity contribution < 1.29 is 29.6 Å². The van der Waals surface area contributed by atoms with Crippen LogP contribution in [0, 0.1) is 0 Å². The van der Waals surface area contributed by atoms with Crippen LogP contribution in [0.5, 0.6) is 0 Å². The number of carbonyl (C=O) groups excluding carboxylic acids is 1. The summed E-state index contributed by atoms with van der Waals surface area (Å²) in [6.45, 7) is 4.64. The van der Waals surface area contributed by atoms with Crippen LogP contribution < -0.4 is 5.32 Å². The second-order valence-corrected chi connectivity index (χ2v) is 3.60. The summed E-state index contributed by atoms with van der Waals surface area (Å²) < 4.78 is 4.59. The van der Waals surface area contributed by atoms with Gasteiger partial charge in [-0.2, -0.15) is 0 Å². The molecule has 0 fully saturated rings. The molecule has 0 atom stereocenters. The molecule has 0 heterocycles. The van der Waals surface area contributed by atoms with Gasteiger partial charge in [0.2, 0.25) is 0 Å². The average Bonchev–Trinajstić information content (AvgIpc) is 1.79. The van der Waals surface area contributed by atoms with Crippen molar-refractivity contribution in [1.29, 1.82) is 0 Å². The fraction of sp³-hybridized carbons (Fsp3) is 0.714. The molecule has 0 bridgehead atoms. The summed E-state index contributed by atoms with van der Waals surface area (Å²) in [6.07, 6.45) is -1.23. The highest BCUT2D eigenvalue weighted by Gasteiger charge is 2.36. The molecule has 0 aromatic carbocycles. The minimum absolute atomic E-state index is 0.849. The highest BCUT2D eigenvalue weighted by atomic mass is 16.6. The van der Waals surface area contributed by atoms with Crippen LogP contribution in [0.4, 0.5) is 4.79 Å². The summed E-state index contributed by atoms with van der Waals surface area (Å²) in [4.78, 5) is 21.0. The molecule has 0 aliphatic rings. The summed E-state index contributed by atoms with van der Waals surface area (Å²) >= 11 is 0. The third kappa shape index (κ3) is 4.63. The lowest BCUT2D eigenvalue weighted by Gasteiger charge is -2.23. The quantitative estimate of drug-likeness (QED) is 0.442. The zero-order valence-corrected chi connectivity index (χ0v) is 8.07. The van der Waals surface area contributed by atoms with E-state index in [1.165, 1.54) is 5.32 Å². The van der Waals surface area contributed by atoms with Crippen molar-refractivity contribution in [2.75, 3.05) is 0 Å². The highest BCUT2D eigenvalue weighted by Crippen LogP contribution is 2.07. The van der Waals surface area contributed by atoms with Gasteiger partial charge >= 0.3 is 18.0 Å². The molecule has 0 aromatic rings. The van der Waals surface area contributed by atoms with Gasteiger partial charge in [-0.05, 0) is 20.8 Å². The van der Waals surface area contributed by atoms with E-state index < -0.39 is 23.6 Å². The Balaban J connectivity index is 4.27. The van der Waals surface area contributed by atoms with Crippen molar-refractivity contribution in [2.24, 2.45) is 0 Å². The molecule has 0 aromatic heterocycles. The van der Waals surface area contributed by atoms with Gasteiger partial charge in [-0.15, -0.1) is 0 Å². The number of nitrogens with one attached hydrogen (secondary N) is 1. The summed E-state index contributed by atoms with van der Waals surface area (Å²) in [5.41, 5.74) is -0.849.